The predicted octanol–water partition coefficient (Wildman–Crippen LogP) is 5.72. The van der Waals surface area contributed by atoms with Crippen molar-refractivity contribution in [3.05, 3.63) is 41.5 Å². The maximum absolute atomic E-state index is 13.7. The highest BCUT2D eigenvalue weighted by Gasteiger charge is 2.49. The van der Waals surface area contributed by atoms with Crippen LogP contribution < -0.4 is 4.74 Å². The molecule has 0 saturated heterocycles. The monoisotopic (exact) mass is 382 g/mol. The number of ketones is 1. The van der Waals surface area contributed by atoms with Gasteiger partial charge in [0.05, 0.1) is 13.7 Å². The second kappa shape index (κ2) is 8.02. The number of hydrogen-bond donors (Lipinski definition) is 0. The van der Waals surface area contributed by atoms with Gasteiger partial charge in [-0.2, -0.15) is 0 Å². The van der Waals surface area contributed by atoms with Gasteiger partial charge in [-0.05, 0) is 61.1 Å². The first-order valence-electron chi connectivity index (χ1n) is 11.0. The number of ether oxygens (including phenoxy) is 2. The Bertz CT molecular complexity index is 731. The molecule has 2 fully saturated rings. The van der Waals surface area contributed by atoms with Crippen LogP contribution in [-0.2, 0) is 16.1 Å². The number of benzene rings is 1. The topological polar surface area (TPSA) is 35.5 Å². The van der Waals surface area contributed by atoms with Gasteiger partial charge in [-0.15, -0.1) is 0 Å². The van der Waals surface area contributed by atoms with E-state index < -0.39 is 0 Å². The number of fused-ring (bicyclic) bond motifs is 3. The van der Waals surface area contributed by atoms with Crippen LogP contribution in [0.2, 0.25) is 0 Å². The molecule has 0 N–H and O–H groups in total. The van der Waals surface area contributed by atoms with E-state index in [0.29, 0.717) is 18.3 Å². The third kappa shape index (κ3) is 3.66. The van der Waals surface area contributed by atoms with Crippen molar-refractivity contribution in [3.8, 4) is 5.75 Å². The second-order valence-corrected chi connectivity index (χ2v) is 9.46. The predicted molar refractivity (Wildman–Crippen MR) is 111 cm³/mol. The van der Waals surface area contributed by atoms with Crippen LogP contribution in [0.1, 0.15) is 64.4 Å². The summed E-state index contributed by atoms with van der Waals surface area (Å²) >= 11 is 0. The average Bonchev–Trinajstić information content (AvgIpc) is 3.02. The van der Waals surface area contributed by atoms with E-state index in [1.54, 1.807) is 12.7 Å². The Morgan fingerprint density at radius 2 is 1.82 bits per heavy atom. The summed E-state index contributed by atoms with van der Waals surface area (Å²) in [4.78, 5) is 13.7. The fourth-order valence-electron chi connectivity index (χ4n) is 5.80. The van der Waals surface area contributed by atoms with Gasteiger partial charge in [-0.3, -0.25) is 4.79 Å². The minimum absolute atomic E-state index is 0.0493. The highest BCUT2D eigenvalue weighted by Crippen LogP contribution is 2.52. The summed E-state index contributed by atoms with van der Waals surface area (Å²) in [5, 5.41) is 0. The standard InChI is InChI=1S/C25H34O3/c1-25(2)19-11-10-18-6-4-5-7-21(18)23(26)24(22(25)15-12-19)28-16-17-8-13-20(27-3)14-9-17/h8-9,11,13-14,18,21-22,24H,4-7,10,12,15-16H2,1-3H3/b19-11+/t18-,21-,22?,24-/m1/s1. The van der Waals surface area contributed by atoms with Crippen LogP contribution in [0.3, 0.4) is 0 Å². The van der Waals surface area contributed by atoms with Crippen molar-refractivity contribution < 1.29 is 14.3 Å². The molecule has 3 aliphatic carbocycles. The van der Waals surface area contributed by atoms with E-state index in [9.17, 15) is 4.79 Å². The molecule has 1 aromatic carbocycles. The van der Waals surface area contributed by atoms with Gasteiger partial charge in [0.2, 0.25) is 0 Å². The number of carbonyl (C=O) groups is 1. The molecule has 3 heteroatoms. The number of hydrogen-bond acceptors (Lipinski definition) is 3. The molecule has 4 rings (SSSR count). The van der Waals surface area contributed by atoms with Crippen molar-refractivity contribution in [1.29, 1.82) is 0 Å². The van der Waals surface area contributed by atoms with Gasteiger partial charge < -0.3 is 9.47 Å². The maximum Gasteiger partial charge on any atom is 0.165 e. The third-order valence-corrected chi connectivity index (χ3v) is 7.66. The van der Waals surface area contributed by atoms with Gasteiger partial charge >= 0.3 is 0 Å². The molecule has 152 valence electrons. The highest BCUT2D eigenvalue weighted by atomic mass is 16.5. The Labute approximate surface area is 169 Å². The summed E-state index contributed by atoms with van der Waals surface area (Å²) in [7, 11) is 1.68. The molecule has 1 unspecified atom stereocenters. The molecule has 2 saturated carbocycles. The first-order chi connectivity index (χ1) is 13.5. The van der Waals surface area contributed by atoms with Crippen molar-refractivity contribution in [1.82, 2.24) is 0 Å². The lowest BCUT2D eigenvalue weighted by atomic mass is 9.71. The van der Waals surface area contributed by atoms with E-state index in [2.05, 4.69) is 19.9 Å². The van der Waals surface area contributed by atoms with Crippen molar-refractivity contribution in [2.24, 2.45) is 23.2 Å². The summed E-state index contributed by atoms with van der Waals surface area (Å²) in [6.45, 7) is 5.13. The number of methoxy groups -OCH3 is 1. The molecule has 4 atom stereocenters. The molecule has 2 bridgehead atoms. The Morgan fingerprint density at radius 1 is 1.07 bits per heavy atom. The lowest BCUT2D eigenvalue weighted by Gasteiger charge is -2.37. The molecule has 0 radical (unpaired) electrons. The molecule has 3 nitrogen and oxygen atoms in total. The van der Waals surface area contributed by atoms with E-state index in [4.69, 9.17) is 9.47 Å². The fourth-order valence-corrected chi connectivity index (χ4v) is 5.80. The number of Topliss-reactive ketones (excluding diaryl/α,β-unsaturated/α-hetero) is 1. The largest absolute Gasteiger partial charge is 0.497 e. The van der Waals surface area contributed by atoms with Crippen LogP contribution in [0.15, 0.2) is 35.9 Å². The van der Waals surface area contributed by atoms with Gasteiger partial charge in [0, 0.05) is 11.8 Å². The average molecular weight is 383 g/mol. The fraction of sp³-hybridized carbons (Fsp3) is 0.640. The third-order valence-electron chi connectivity index (χ3n) is 7.66. The van der Waals surface area contributed by atoms with Crippen LogP contribution >= 0.6 is 0 Å². The van der Waals surface area contributed by atoms with Crippen LogP contribution in [0.5, 0.6) is 5.75 Å². The Kier molecular flexibility index (Phi) is 5.64. The molecule has 0 amide bonds. The van der Waals surface area contributed by atoms with Crippen LogP contribution in [-0.4, -0.2) is 19.0 Å². The number of carbonyl (C=O) groups excluding carboxylic acids is 1. The zero-order valence-electron chi connectivity index (χ0n) is 17.6. The lowest BCUT2D eigenvalue weighted by molar-refractivity contribution is -0.144. The lowest BCUT2D eigenvalue weighted by Crippen LogP contribution is -2.43. The summed E-state index contributed by atoms with van der Waals surface area (Å²) < 4.78 is 11.7. The van der Waals surface area contributed by atoms with Crippen molar-refractivity contribution in [3.63, 3.8) is 0 Å². The van der Waals surface area contributed by atoms with E-state index >= 15 is 0 Å². The van der Waals surface area contributed by atoms with Crippen LogP contribution in [0.4, 0.5) is 0 Å². The summed E-state index contributed by atoms with van der Waals surface area (Å²) in [5.74, 6) is 2.20. The zero-order valence-corrected chi connectivity index (χ0v) is 17.6. The molecule has 0 heterocycles. The minimum atomic E-state index is -0.285. The van der Waals surface area contributed by atoms with Crippen molar-refractivity contribution in [2.45, 2.75) is 71.5 Å². The molecule has 28 heavy (non-hydrogen) atoms. The van der Waals surface area contributed by atoms with Crippen molar-refractivity contribution in [2.75, 3.05) is 7.11 Å². The smallest absolute Gasteiger partial charge is 0.165 e. The Balaban J connectivity index is 1.59. The van der Waals surface area contributed by atoms with Crippen LogP contribution in [0, 0.1) is 23.2 Å². The Hall–Kier alpha value is -1.61. The molecule has 0 aliphatic heterocycles. The first kappa shape index (κ1) is 19.7. The summed E-state index contributed by atoms with van der Waals surface area (Å²) in [5.41, 5.74) is 2.70. The first-order valence-corrected chi connectivity index (χ1v) is 11.0. The summed E-state index contributed by atoms with van der Waals surface area (Å²) in [6, 6.07) is 7.99. The van der Waals surface area contributed by atoms with E-state index in [0.717, 1.165) is 37.0 Å². The molecule has 0 aromatic heterocycles. The zero-order chi connectivity index (χ0) is 19.7. The normalized spacial score (nSPS) is 33.8. The second-order valence-electron chi connectivity index (χ2n) is 9.46. The molecular weight excluding hydrogens is 348 g/mol. The van der Waals surface area contributed by atoms with Gasteiger partial charge in [0.15, 0.2) is 5.78 Å². The quantitative estimate of drug-likeness (QED) is 0.625. The Morgan fingerprint density at radius 3 is 2.57 bits per heavy atom. The van der Waals surface area contributed by atoms with Crippen molar-refractivity contribution >= 4 is 5.78 Å². The summed E-state index contributed by atoms with van der Waals surface area (Å²) in [6.07, 6.45) is 10.1. The van der Waals surface area contributed by atoms with E-state index in [1.807, 2.05) is 24.3 Å². The van der Waals surface area contributed by atoms with Gasteiger partial charge in [0.1, 0.15) is 11.9 Å². The van der Waals surface area contributed by atoms with Gasteiger partial charge in [-0.1, -0.05) is 50.5 Å². The molecular formula is C25H34O3. The molecule has 1 aromatic rings. The maximum atomic E-state index is 13.7. The van der Waals surface area contributed by atoms with Gasteiger partial charge in [0.25, 0.3) is 0 Å². The van der Waals surface area contributed by atoms with E-state index in [-0.39, 0.29) is 23.4 Å². The van der Waals surface area contributed by atoms with Gasteiger partial charge in [-0.25, -0.2) is 0 Å². The molecule has 0 spiro atoms. The number of rotatable bonds is 4. The number of allylic oxidation sites excluding steroid dienone is 2. The van der Waals surface area contributed by atoms with Crippen LogP contribution in [0.25, 0.3) is 0 Å². The molecule has 3 aliphatic rings. The highest BCUT2D eigenvalue weighted by molar-refractivity contribution is 5.86. The van der Waals surface area contributed by atoms with E-state index in [1.165, 1.54) is 19.3 Å². The SMILES string of the molecule is COc1ccc(CO[C@H]2C(=O)[C@@H]3CCCC[C@@H]3C/C=C3\CCC2C3(C)C)cc1. The minimum Gasteiger partial charge on any atom is -0.497 e.